The van der Waals surface area contributed by atoms with Gasteiger partial charge < -0.3 is 19.7 Å². The van der Waals surface area contributed by atoms with Crippen LogP contribution < -0.4 is 15.0 Å². The first-order chi connectivity index (χ1) is 12.7. The lowest BCUT2D eigenvalue weighted by molar-refractivity contribution is -0.116. The topological polar surface area (TPSA) is 50.8 Å². The van der Waals surface area contributed by atoms with Gasteiger partial charge >= 0.3 is 0 Å². The van der Waals surface area contributed by atoms with E-state index in [9.17, 15) is 9.18 Å². The van der Waals surface area contributed by atoms with Crippen LogP contribution >= 0.6 is 0 Å². The molecule has 0 bridgehead atoms. The van der Waals surface area contributed by atoms with E-state index in [-0.39, 0.29) is 18.1 Å². The Hall–Kier alpha value is -2.60. The number of nitrogens with zero attached hydrogens (tertiary/aromatic N) is 1. The number of aryl methyl sites for hydroxylation is 1. The van der Waals surface area contributed by atoms with Crippen LogP contribution in [0.3, 0.4) is 0 Å². The van der Waals surface area contributed by atoms with Gasteiger partial charge in [-0.1, -0.05) is 12.1 Å². The molecule has 6 heteroatoms. The van der Waals surface area contributed by atoms with E-state index in [1.165, 1.54) is 12.1 Å². The zero-order valence-corrected chi connectivity index (χ0v) is 14.8. The molecule has 1 fully saturated rings. The van der Waals surface area contributed by atoms with Crippen LogP contribution in [-0.4, -0.2) is 39.3 Å². The van der Waals surface area contributed by atoms with Crippen molar-refractivity contribution in [2.75, 3.05) is 43.6 Å². The molecule has 26 heavy (non-hydrogen) atoms. The van der Waals surface area contributed by atoms with Crippen molar-refractivity contribution in [1.29, 1.82) is 0 Å². The minimum atomic E-state index is -0.289. The van der Waals surface area contributed by atoms with Gasteiger partial charge in [-0.3, -0.25) is 4.79 Å². The van der Waals surface area contributed by atoms with Gasteiger partial charge in [0.25, 0.3) is 0 Å². The standard InChI is InChI=1S/C20H23FN2O3/c1-25-19-7-6-17(23-9-11-26-12-10-23)14-18(19)22-20(24)8-5-15-3-2-4-16(21)13-15/h2-4,6-7,13-14H,5,8-12H2,1H3,(H,22,24). The zero-order valence-electron chi connectivity index (χ0n) is 14.8. The van der Waals surface area contributed by atoms with E-state index in [1.807, 2.05) is 24.3 Å². The van der Waals surface area contributed by atoms with E-state index < -0.39 is 0 Å². The summed E-state index contributed by atoms with van der Waals surface area (Å²) in [7, 11) is 1.58. The third-order valence-electron chi connectivity index (χ3n) is 4.36. The summed E-state index contributed by atoms with van der Waals surface area (Å²) in [5.41, 5.74) is 2.46. The molecule has 0 radical (unpaired) electrons. The van der Waals surface area contributed by atoms with Crippen LogP contribution in [0.4, 0.5) is 15.8 Å². The number of nitrogens with one attached hydrogen (secondary N) is 1. The molecule has 1 aliphatic heterocycles. The second-order valence-corrected chi connectivity index (χ2v) is 6.16. The van der Waals surface area contributed by atoms with Crippen molar-refractivity contribution >= 4 is 17.3 Å². The average molecular weight is 358 g/mol. The molecule has 138 valence electrons. The summed E-state index contributed by atoms with van der Waals surface area (Å²) in [4.78, 5) is 14.5. The molecule has 1 saturated heterocycles. The van der Waals surface area contributed by atoms with E-state index >= 15 is 0 Å². The Labute approximate surface area is 152 Å². The fraction of sp³-hybridized carbons (Fsp3) is 0.350. The summed E-state index contributed by atoms with van der Waals surface area (Å²) in [5, 5.41) is 2.91. The van der Waals surface area contributed by atoms with Crippen molar-refractivity contribution in [3.05, 3.63) is 53.8 Å². The third kappa shape index (κ3) is 4.73. The van der Waals surface area contributed by atoms with Crippen LogP contribution in [0.5, 0.6) is 5.75 Å². The number of amides is 1. The Bertz CT molecular complexity index is 760. The molecule has 0 saturated carbocycles. The van der Waals surface area contributed by atoms with Crippen LogP contribution in [0.2, 0.25) is 0 Å². The highest BCUT2D eigenvalue weighted by Gasteiger charge is 2.15. The number of halogens is 1. The Morgan fingerprint density at radius 2 is 2.04 bits per heavy atom. The monoisotopic (exact) mass is 358 g/mol. The maximum absolute atomic E-state index is 13.2. The summed E-state index contributed by atoms with van der Waals surface area (Å²) < 4.78 is 24.0. The van der Waals surface area contributed by atoms with E-state index in [1.54, 1.807) is 13.2 Å². The van der Waals surface area contributed by atoms with Gasteiger partial charge in [0.1, 0.15) is 11.6 Å². The fourth-order valence-corrected chi connectivity index (χ4v) is 2.97. The molecular weight excluding hydrogens is 335 g/mol. The second kappa shape index (κ2) is 8.67. The number of benzene rings is 2. The maximum atomic E-state index is 13.2. The van der Waals surface area contributed by atoms with Gasteiger partial charge in [-0.15, -0.1) is 0 Å². The van der Waals surface area contributed by atoms with E-state index in [0.717, 1.165) is 24.3 Å². The van der Waals surface area contributed by atoms with Crippen molar-refractivity contribution < 1.29 is 18.7 Å². The lowest BCUT2D eigenvalue weighted by atomic mass is 10.1. The Morgan fingerprint density at radius 1 is 1.23 bits per heavy atom. The van der Waals surface area contributed by atoms with Gasteiger partial charge in [0.05, 0.1) is 26.0 Å². The van der Waals surface area contributed by atoms with Crippen molar-refractivity contribution in [3.8, 4) is 5.75 Å². The summed E-state index contributed by atoms with van der Waals surface area (Å²) >= 11 is 0. The first kappa shape index (κ1) is 18.2. The first-order valence-corrected chi connectivity index (χ1v) is 8.71. The largest absolute Gasteiger partial charge is 0.495 e. The molecule has 1 N–H and O–H groups in total. The highest BCUT2D eigenvalue weighted by molar-refractivity contribution is 5.93. The number of rotatable bonds is 6. The molecule has 5 nitrogen and oxygen atoms in total. The summed E-state index contributed by atoms with van der Waals surface area (Å²) in [6.45, 7) is 3.03. The minimum Gasteiger partial charge on any atom is -0.495 e. The van der Waals surface area contributed by atoms with Crippen LogP contribution in [0, 0.1) is 5.82 Å². The number of carbonyl (C=O) groups excluding carboxylic acids is 1. The molecular formula is C20H23FN2O3. The molecule has 1 heterocycles. The van der Waals surface area contributed by atoms with E-state index in [0.29, 0.717) is 31.1 Å². The summed E-state index contributed by atoms with van der Waals surface area (Å²) in [6.07, 6.45) is 0.753. The third-order valence-corrected chi connectivity index (χ3v) is 4.36. The smallest absolute Gasteiger partial charge is 0.224 e. The van der Waals surface area contributed by atoms with Crippen LogP contribution in [0.1, 0.15) is 12.0 Å². The van der Waals surface area contributed by atoms with Gasteiger partial charge in [-0.2, -0.15) is 0 Å². The maximum Gasteiger partial charge on any atom is 0.224 e. The second-order valence-electron chi connectivity index (χ2n) is 6.16. The Balaban J connectivity index is 1.65. The first-order valence-electron chi connectivity index (χ1n) is 8.71. The highest BCUT2D eigenvalue weighted by atomic mass is 19.1. The molecule has 2 aromatic carbocycles. The number of ether oxygens (including phenoxy) is 2. The lowest BCUT2D eigenvalue weighted by Gasteiger charge is -2.29. The van der Waals surface area contributed by atoms with E-state index in [2.05, 4.69) is 10.2 Å². The number of hydrogen-bond donors (Lipinski definition) is 1. The van der Waals surface area contributed by atoms with Crippen LogP contribution in [-0.2, 0) is 16.0 Å². The molecule has 3 rings (SSSR count). The summed E-state index contributed by atoms with van der Waals surface area (Å²) in [5.74, 6) is 0.190. The number of anilines is 2. The van der Waals surface area contributed by atoms with Gasteiger partial charge in [-0.05, 0) is 42.3 Å². The number of morpholine rings is 1. The quantitative estimate of drug-likeness (QED) is 0.861. The van der Waals surface area contributed by atoms with Gasteiger partial charge in [-0.25, -0.2) is 4.39 Å². The molecule has 1 amide bonds. The van der Waals surface area contributed by atoms with Crippen molar-refractivity contribution in [2.24, 2.45) is 0 Å². The molecule has 0 atom stereocenters. The number of carbonyl (C=O) groups is 1. The summed E-state index contributed by atoms with van der Waals surface area (Å²) in [6, 6.07) is 12.1. The molecule has 2 aromatic rings. The number of methoxy groups -OCH3 is 1. The van der Waals surface area contributed by atoms with Crippen molar-refractivity contribution in [2.45, 2.75) is 12.8 Å². The SMILES string of the molecule is COc1ccc(N2CCOCC2)cc1NC(=O)CCc1cccc(F)c1. The minimum absolute atomic E-state index is 0.133. The number of hydrogen-bond acceptors (Lipinski definition) is 4. The average Bonchev–Trinajstić information content (AvgIpc) is 2.67. The fourth-order valence-electron chi connectivity index (χ4n) is 2.97. The van der Waals surface area contributed by atoms with Crippen LogP contribution in [0.25, 0.3) is 0 Å². The normalized spacial score (nSPS) is 14.2. The predicted molar refractivity (Wildman–Crippen MR) is 99.4 cm³/mol. The lowest BCUT2D eigenvalue weighted by Crippen LogP contribution is -2.36. The molecule has 0 spiro atoms. The Morgan fingerprint density at radius 3 is 2.77 bits per heavy atom. The predicted octanol–water partition coefficient (Wildman–Crippen LogP) is 3.24. The van der Waals surface area contributed by atoms with Gasteiger partial charge in [0.2, 0.25) is 5.91 Å². The van der Waals surface area contributed by atoms with Crippen molar-refractivity contribution in [1.82, 2.24) is 0 Å². The zero-order chi connectivity index (χ0) is 18.4. The van der Waals surface area contributed by atoms with E-state index in [4.69, 9.17) is 9.47 Å². The molecule has 1 aliphatic rings. The Kier molecular flexibility index (Phi) is 6.07. The molecule has 0 aromatic heterocycles. The van der Waals surface area contributed by atoms with Gasteiger partial charge in [0, 0.05) is 25.2 Å². The highest BCUT2D eigenvalue weighted by Crippen LogP contribution is 2.30. The molecule has 0 unspecified atom stereocenters. The van der Waals surface area contributed by atoms with Crippen LogP contribution in [0.15, 0.2) is 42.5 Å². The van der Waals surface area contributed by atoms with Crippen molar-refractivity contribution in [3.63, 3.8) is 0 Å². The van der Waals surface area contributed by atoms with Gasteiger partial charge in [0.15, 0.2) is 0 Å². The molecule has 0 aliphatic carbocycles.